The van der Waals surface area contributed by atoms with Gasteiger partial charge in [-0.3, -0.25) is 9.11 Å². The van der Waals surface area contributed by atoms with E-state index in [1.165, 1.54) is 6.08 Å². The maximum Gasteiger partial charge on any atom is 0.394 e. The maximum atomic E-state index is 8.74. The topological polar surface area (TPSA) is 94.8 Å². The molecule has 6 heteroatoms. The van der Waals surface area contributed by atoms with Crippen LogP contribution in [0.2, 0.25) is 0 Å². The average molecular weight is 172 g/mol. The van der Waals surface area contributed by atoms with Gasteiger partial charge in [0.25, 0.3) is 0 Å². The van der Waals surface area contributed by atoms with E-state index >= 15 is 0 Å². The second-order valence-electron chi connectivity index (χ2n) is 0.919. The highest BCUT2D eigenvalue weighted by atomic mass is 32.3. The molecule has 0 bridgehead atoms. The van der Waals surface area contributed by atoms with Crippen LogP contribution < -0.4 is 0 Å². The molecule has 0 saturated heterocycles. The average Bonchev–Trinajstić information content (AvgIpc) is 1.61. The molecule has 0 amide bonds. The Morgan fingerprint density at radius 2 is 1.50 bits per heavy atom. The fourth-order valence-corrected chi connectivity index (χ4v) is 0. The van der Waals surface area contributed by atoms with E-state index in [0.717, 1.165) is 0 Å². The summed E-state index contributed by atoms with van der Waals surface area (Å²) in [5.41, 5.74) is 0. The third kappa shape index (κ3) is 1010. The Hall–Kier alpha value is -0.430. The van der Waals surface area contributed by atoms with Crippen molar-refractivity contribution >= 4 is 10.4 Å². The molecule has 0 spiro atoms. The smallest absolute Gasteiger partial charge is 0.392 e. The van der Waals surface area contributed by atoms with E-state index in [4.69, 9.17) is 22.6 Å². The maximum absolute atomic E-state index is 8.74. The summed E-state index contributed by atoms with van der Waals surface area (Å²) in [4.78, 5) is 0. The number of aliphatic hydroxyl groups excluding tert-OH is 1. The van der Waals surface area contributed by atoms with Gasteiger partial charge in [-0.1, -0.05) is 13.5 Å². The molecule has 0 unspecified atom stereocenters. The van der Waals surface area contributed by atoms with Crippen LogP contribution >= 0.6 is 0 Å². The molecular weight excluding hydrogens is 160 g/mol. The highest BCUT2D eigenvalue weighted by Gasteiger charge is 1.84. The fraction of sp³-hybridized carbons (Fsp3) is 0.500. The van der Waals surface area contributed by atoms with Crippen molar-refractivity contribution < 1.29 is 22.6 Å². The van der Waals surface area contributed by atoms with E-state index in [2.05, 4.69) is 6.58 Å². The predicted octanol–water partition coefficient (Wildman–Crippen LogP) is 0.148. The number of hydrogen-bond acceptors (Lipinski definition) is 3. The normalized spacial score (nSPS) is 8.30. The molecule has 0 radical (unpaired) electrons. The van der Waals surface area contributed by atoms with Gasteiger partial charge in [0.05, 0.1) is 6.61 Å². The van der Waals surface area contributed by atoms with E-state index in [0.29, 0.717) is 0 Å². The van der Waals surface area contributed by atoms with Crippen LogP contribution in [0.15, 0.2) is 12.7 Å². The van der Waals surface area contributed by atoms with Gasteiger partial charge < -0.3 is 5.11 Å². The Bertz CT molecular complexity index is 139. The molecule has 0 atom stereocenters. The second kappa shape index (κ2) is 8.57. The lowest BCUT2D eigenvalue weighted by molar-refractivity contribution is 0.343. The van der Waals surface area contributed by atoms with Crippen LogP contribution in [0.4, 0.5) is 0 Å². The Morgan fingerprint density at radius 1 is 1.40 bits per heavy atom. The molecule has 0 fully saturated rings. The second-order valence-corrected chi connectivity index (χ2v) is 1.81. The zero-order valence-electron chi connectivity index (χ0n) is 4.56. The minimum absolute atomic E-state index is 0. The molecule has 10 heavy (non-hydrogen) atoms. The van der Waals surface area contributed by atoms with Gasteiger partial charge in [-0.25, -0.2) is 0 Å². The molecule has 0 aromatic rings. The molecular formula is C4H12O5S. The lowest BCUT2D eigenvalue weighted by Gasteiger charge is -1.68. The van der Waals surface area contributed by atoms with Gasteiger partial charge in [0, 0.05) is 0 Å². The lowest BCUT2D eigenvalue weighted by Crippen LogP contribution is -1.89. The van der Waals surface area contributed by atoms with Crippen molar-refractivity contribution in [3.8, 4) is 0 Å². The predicted molar refractivity (Wildman–Crippen MR) is 38.2 cm³/mol. The molecule has 64 valence electrons. The van der Waals surface area contributed by atoms with Crippen molar-refractivity contribution in [2.24, 2.45) is 0 Å². The largest absolute Gasteiger partial charge is 0.394 e. The zero-order valence-corrected chi connectivity index (χ0v) is 5.37. The summed E-state index contributed by atoms with van der Waals surface area (Å²) in [5.74, 6) is 0. The number of rotatable bonds is 1. The minimum atomic E-state index is -4.67. The van der Waals surface area contributed by atoms with Crippen LogP contribution in [0.5, 0.6) is 0 Å². The Morgan fingerprint density at radius 3 is 1.50 bits per heavy atom. The molecule has 0 aliphatic rings. The van der Waals surface area contributed by atoms with Crippen LogP contribution in [0, 0.1) is 0 Å². The standard InChI is InChI=1S/C3H6O.CH4.H2O4S/c1-2-3-4;;1-5(2,3)4/h2,4H,1,3H2;1H4;(H2,1,2,3,4). The molecule has 0 aromatic carbocycles. The van der Waals surface area contributed by atoms with E-state index in [-0.39, 0.29) is 14.0 Å². The molecule has 0 aromatic heterocycles. The fourth-order valence-electron chi connectivity index (χ4n) is 0. The molecule has 0 aliphatic carbocycles. The van der Waals surface area contributed by atoms with Crippen LogP contribution in [0.25, 0.3) is 0 Å². The van der Waals surface area contributed by atoms with Crippen molar-refractivity contribution in [1.29, 1.82) is 0 Å². The third-order valence-corrected chi connectivity index (χ3v) is 0.129. The summed E-state index contributed by atoms with van der Waals surface area (Å²) >= 11 is 0. The minimum Gasteiger partial charge on any atom is -0.392 e. The van der Waals surface area contributed by atoms with Crippen molar-refractivity contribution in [2.75, 3.05) is 6.61 Å². The monoisotopic (exact) mass is 172 g/mol. The van der Waals surface area contributed by atoms with Gasteiger partial charge in [0.15, 0.2) is 0 Å². The molecule has 5 nitrogen and oxygen atoms in total. The summed E-state index contributed by atoms with van der Waals surface area (Å²) in [6.45, 7) is 3.31. The molecule has 0 saturated carbocycles. The summed E-state index contributed by atoms with van der Waals surface area (Å²) in [6.07, 6.45) is 1.43. The van der Waals surface area contributed by atoms with Crippen LogP contribution in [-0.2, 0) is 10.4 Å². The quantitative estimate of drug-likeness (QED) is 0.386. The summed E-state index contributed by atoms with van der Waals surface area (Å²) in [7, 11) is -4.67. The number of hydrogen-bond donors (Lipinski definition) is 3. The van der Waals surface area contributed by atoms with Gasteiger partial charge in [0.1, 0.15) is 0 Å². The Kier molecular flexibility index (Phi) is 14.0. The number of aliphatic hydroxyl groups is 1. The molecule has 3 N–H and O–H groups in total. The highest BCUT2D eigenvalue weighted by Crippen LogP contribution is 1.59. The van der Waals surface area contributed by atoms with Gasteiger partial charge in [-0.2, -0.15) is 8.42 Å². The van der Waals surface area contributed by atoms with Gasteiger partial charge >= 0.3 is 10.4 Å². The van der Waals surface area contributed by atoms with Crippen molar-refractivity contribution in [3.63, 3.8) is 0 Å². The Labute approximate surface area is 60.6 Å². The van der Waals surface area contributed by atoms with Crippen LogP contribution in [0.3, 0.4) is 0 Å². The van der Waals surface area contributed by atoms with Gasteiger partial charge in [0.2, 0.25) is 0 Å². The first kappa shape index (κ1) is 16.3. The van der Waals surface area contributed by atoms with Crippen LogP contribution in [0.1, 0.15) is 7.43 Å². The van der Waals surface area contributed by atoms with E-state index in [9.17, 15) is 0 Å². The van der Waals surface area contributed by atoms with Crippen LogP contribution in [-0.4, -0.2) is 29.2 Å². The highest BCUT2D eigenvalue weighted by molar-refractivity contribution is 7.79. The molecule has 0 aliphatic heterocycles. The van der Waals surface area contributed by atoms with Gasteiger partial charge in [-0.15, -0.1) is 6.58 Å². The lowest BCUT2D eigenvalue weighted by atomic mass is 10.7. The first-order chi connectivity index (χ1) is 3.91. The van der Waals surface area contributed by atoms with E-state index < -0.39 is 10.4 Å². The Balaban J connectivity index is -0.0000000910. The summed E-state index contributed by atoms with van der Waals surface area (Å²) in [5, 5.41) is 7.76. The summed E-state index contributed by atoms with van der Waals surface area (Å²) < 4.78 is 31.6. The molecule has 0 heterocycles. The van der Waals surface area contributed by atoms with Crippen molar-refractivity contribution in [2.45, 2.75) is 7.43 Å². The molecule has 0 rings (SSSR count). The van der Waals surface area contributed by atoms with Crippen molar-refractivity contribution in [1.82, 2.24) is 0 Å². The zero-order chi connectivity index (χ0) is 7.91. The van der Waals surface area contributed by atoms with Gasteiger partial charge in [-0.05, 0) is 0 Å². The van der Waals surface area contributed by atoms with Crippen molar-refractivity contribution in [3.05, 3.63) is 12.7 Å². The van der Waals surface area contributed by atoms with E-state index in [1.807, 2.05) is 0 Å². The first-order valence-electron chi connectivity index (χ1n) is 1.83. The summed E-state index contributed by atoms with van der Waals surface area (Å²) in [6, 6.07) is 0. The SMILES string of the molecule is C.C=CCO.O=S(=O)(O)O. The van der Waals surface area contributed by atoms with E-state index in [1.54, 1.807) is 0 Å². The third-order valence-electron chi connectivity index (χ3n) is 0.129. The first-order valence-corrected chi connectivity index (χ1v) is 3.23.